The average Bonchev–Trinajstić information content (AvgIpc) is 2.47. The van der Waals surface area contributed by atoms with Crippen LogP contribution in [-0.4, -0.2) is 24.1 Å². The summed E-state index contributed by atoms with van der Waals surface area (Å²) in [6, 6.07) is 7.35. The third-order valence-corrected chi connectivity index (χ3v) is 3.10. The predicted molar refractivity (Wildman–Crippen MR) is 81.0 cm³/mol. The van der Waals surface area contributed by atoms with Crippen molar-refractivity contribution in [3.63, 3.8) is 0 Å². The van der Waals surface area contributed by atoms with Gasteiger partial charge in [0.25, 0.3) is 0 Å². The summed E-state index contributed by atoms with van der Waals surface area (Å²) in [4.78, 5) is 15.8. The number of halogens is 1. The van der Waals surface area contributed by atoms with Gasteiger partial charge in [-0.3, -0.25) is 4.98 Å². The summed E-state index contributed by atoms with van der Waals surface area (Å²) in [5.41, 5.74) is 1.93. The molecule has 0 saturated carbocycles. The number of fused-ring (bicyclic) bond motifs is 1. The van der Waals surface area contributed by atoms with Crippen molar-refractivity contribution in [1.82, 2.24) is 4.98 Å². The Morgan fingerprint density at radius 1 is 1.45 bits per heavy atom. The topological polar surface area (TPSA) is 51.2 Å². The Bertz CT molecular complexity index is 655. The maximum absolute atomic E-state index is 11.5. The van der Waals surface area contributed by atoms with Crippen LogP contribution in [0.2, 0.25) is 5.02 Å². The number of anilines is 1. The zero-order chi connectivity index (χ0) is 14.5. The van der Waals surface area contributed by atoms with E-state index in [1.54, 1.807) is 19.2 Å². The maximum atomic E-state index is 11.5. The summed E-state index contributed by atoms with van der Waals surface area (Å²) < 4.78 is 4.88. The summed E-state index contributed by atoms with van der Waals surface area (Å²) in [6.07, 6.45) is 1.70. The quantitative estimate of drug-likeness (QED) is 0.677. The minimum Gasteiger partial charge on any atom is -0.463 e. The minimum atomic E-state index is -0.397. The molecule has 1 aromatic carbocycles. The van der Waals surface area contributed by atoms with Gasteiger partial charge in [0.05, 0.1) is 22.8 Å². The highest BCUT2D eigenvalue weighted by molar-refractivity contribution is 6.35. The van der Waals surface area contributed by atoms with E-state index in [-0.39, 0.29) is 0 Å². The fraction of sp³-hybridized carbons (Fsp3) is 0.200. The number of carbonyl (C=O) groups excluding carboxylic acids is 1. The van der Waals surface area contributed by atoms with Gasteiger partial charge in [0.1, 0.15) is 0 Å². The Labute approximate surface area is 122 Å². The fourth-order valence-corrected chi connectivity index (χ4v) is 2.00. The van der Waals surface area contributed by atoms with Crippen LogP contribution in [0.3, 0.4) is 0 Å². The van der Waals surface area contributed by atoms with Gasteiger partial charge in [-0.1, -0.05) is 18.2 Å². The molecule has 0 amide bonds. The van der Waals surface area contributed by atoms with Gasteiger partial charge in [0.2, 0.25) is 0 Å². The van der Waals surface area contributed by atoms with Crippen molar-refractivity contribution >= 4 is 34.2 Å². The lowest BCUT2D eigenvalue weighted by molar-refractivity contribution is -0.138. The molecule has 0 fully saturated rings. The molecule has 1 aromatic heterocycles. The molecule has 1 N–H and O–H groups in total. The zero-order valence-corrected chi connectivity index (χ0v) is 11.9. The molecule has 0 spiro atoms. The molecule has 2 rings (SSSR count). The average molecular weight is 291 g/mol. The van der Waals surface area contributed by atoms with Gasteiger partial charge in [-0.2, -0.15) is 0 Å². The first-order chi connectivity index (χ1) is 9.63. The lowest BCUT2D eigenvalue weighted by atomic mass is 10.2. The number of benzene rings is 1. The van der Waals surface area contributed by atoms with E-state index >= 15 is 0 Å². The second-order valence-corrected chi connectivity index (χ2v) is 4.58. The maximum Gasteiger partial charge on any atom is 0.335 e. The largest absolute Gasteiger partial charge is 0.463 e. The van der Waals surface area contributed by atoms with Gasteiger partial charge >= 0.3 is 5.97 Å². The standard InChI is InChI=1S/C15H15ClN2O2/c1-3-20-15(19)10(2)9-18-13-7-6-12(16)11-5-4-8-17-14(11)13/h4-8,18H,2-3,9H2,1H3. The second kappa shape index (κ2) is 6.39. The molecule has 2 aromatic rings. The third kappa shape index (κ3) is 3.08. The van der Waals surface area contributed by atoms with E-state index in [0.29, 0.717) is 23.7 Å². The van der Waals surface area contributed by atoms with Crippen LogP contribution < -0.4 is 5.32 Å². The monoisotopic (exact) mass is 290 g/mol. The molecular weight excluding hydrogens is 276 g/mol. The predicted octanol–water partition coefficient (Wildman–Crippen LogP) is 3.42. The lowest BCUT2D eigenvalue weighted by Gasteiger charge is -2.11. The molecule has 104 valence electrons. The van der Waals surface area contributed by atoms with Crippen LogP contribution >= 0.6 is 11.6 Å². The van der Waals surface area contributed by atoms with Crippen molar-refractivity contribution in [3.8, 4) is 0 Å². The van der Waals surface area contributed by atoms with E-state index in [9.17, 15) is 4.79 Å². The molecule has 0 saturated heterocycles. The number of hydrogen-bond acceptors (Lipinski definition) is 4. The number of esters is 1. The van der Waals surface area contributed by atoms with E-state index in [0.717, 1.165) is 16.6 Å². The zero-order valence-electron chi connectivity index (χ0n) is 11.1. The van der Waals surface area contributed by atoms with Crippen LogP contribution in [0.4, 0.5) is 5.69 Å². The van der Waals surface area contributed by atoms with E-state index in [1.165, 1.54) is 0 Å². The summed E-state index contributed by atoms with van der Waals surface area (Å²) in [7, 11) is 0. The summed E-state index contributed by atoms with van der Waals surface area (Å²) in [5, 5.41) is 4.64. The number of ether oxygens (including phenoxy) is 1. The van der Waals surface area contributed by atoms with Crippen molar-refractivity contribution in [1.29, 1.82) is 0 Å². The fourth-order valence-electron chi connectivity index (χ4n) is 1.79. The Morgan fingerprint density at radius 2 is 2.25 bits per heavy atom. The number of nitrogens with zero attached hydrogens (tertiary/aromatic N) is 1. The van der Waals surface area contributed by atoms with Crippen LogP contribution in [0.1, 0.15) is 6.92 Å². The summed E-state index contributed by atoms with van der Waals surface area (Å²) in [5.74, 6) is -0.397. The van der Waals surface area contributed by atoms with Gasteiger partial charge < -0.3 is 10.1 Å². The molecule has 0 radical (unpaired) electrons. The number of hydrogen-bond donors (Lipinski definition) is 1. The Kier molecular flexibility index (Phi) is 4.58. The van der Waals surface area contributed by atoms with Crippen molar-refractivity contribution in [2.45, 2.75) is 6.92 Å². The Balaban J connectivity index is 2.17. The number of nitrogens with one attached hydrogen (secondary N) is 1. The highest BCUT2D eigenvalue weighted by Crippen LogP contribution is 2.27. The molecule has 20 heavy (non-hydrogen) atoms. The first-order valence-corrected chi connectivity index (χ1v) is 6.63. The molecule has 0 atom stereocenters. The molecule has 0 aliphatic heterocycles. The Morgan fingerprint density at radius 3 is 3.00 bits per heavy atom. The molecule has 0 aliphatic carbocycles. The molecule has 0 unspecified atom stereocenters. The lowest BCUT2D eigenvalue weighted by Crippen LogP contribution is -2.15. The third-order valence-electron chi connectivity index (χ3n) is 2.77. The summed E-state index contributed by atoms with van der Waals surface area (Å²) in [6.45, 7) is 6.10. The second-order valence-electron chi connectivity index (χ2n) is 4.17. The van der Waals surface area contributed by atoms with Gasteiger partial charge in [0, 0.05) is 23.7 Å². The van der Waals surface area contributed by atoms with E-state index in [2.05, 4.69) is 16.9 Å². The van der Waals surface area contributed by atoms with Crippen LogP contribution in [0.15, 0.2) is 42.6 Å². The highest BCUT2D eigenvalue weighted by Gasteiger charge is 2.09. The van der Waals surface area contributed by atoms with E-state index in [1.807, 2.05) is 18.2 Å². The molecule has 0 bridgehead atoms. The number of aromatic nitrogens is 1. The van der Waals surface area contributed by atoms with Gasteiger partial charge in [-0.15, -0.1) is 0 Å². The van der Waals surface area contributed by atoms with Crippen LogP contribution in [0.5, 0.6) is 0 Å². The van der Waals surface area contributed by atoms with E-state index in [4.69, 9.17) is 16.3 Å². The number of carbonyl (C=O) groups is 1. The van der Waals surface area contributed by atoms with Crippen molar-refractivity contribution in [2.24, 2.45) is 0 Å². The van der Waals surface area contributed by atoms with Crippen molar-refractivity contribution < 1.29 is 9.53 Å². The first kappa shape index (κ1) is 14.3. The molecular formula is C15H15ClN2O2. The van der Waals surface area contributed by atoms with E-state index < -0.39 is 5.97 Å². The van der Waals surface area contributed by atoms with Crippen LogP contribution in [-0.2, 0) is 9.53 Å². The normalized spacial score (nSPS) is 10.3. The Hall–Kier alpha value is -2.07. The van der Waals surface area contributed by atoms with Gasteiger partial charge in [-0.05, 0) is 31.2 Å². The van der Waals surface area contributed by atoms with Crippen molar-refractivity contribution in [2.75, 3.05) is 18.5 Å². The molecule has 5 heteroatoms. The first-order valence-electron chi connectivity index (χ1n) is 6.25. The minimum absolute atomic E-state index is 0.298. The van der Waals surface area contributed by atoms with Crippen LogP contribution in [0.25, 0.3) is 10.9 Å². The number of rotatable bonds is 5. The van der Waals surface area contributed by atoms with Crippen molar-refractivity contribution in [3.05, 3.63) is 47.6 Å². The molecule has 1 heterocycles. The smallest absolute Gasteiger partial charge is 0.335 e. The SMILES string of the molecule is C=C(CNc1ccc(Cl)c2cccnc12)C(=O)OCC. The summed E-state index contributed by atoms with van der Waals surface area (Å²) >= 11 is 6.12. The van der Waals surface area contributed by atoms with Crippen LogP contribution in [0, 0.1) is 0 Å². The van der Waals surface area contributed by atoms with Gasteiger partial charge in [-0.25, -0.2) is 4.79 Å². The highest BCUT2D eigenvalue weighted by atomic mass is 35.5. The number of pyridine rings is 1. The molecule has 0 aliphatic rings. The molecule has 4 nitrogen and oxygen atoms in total. The van der Waals surface area contributed by atoms with Gasteiger partial charge in [0.15, 0.2) is 0 Å².